The van der Waals surface area contributed by atoms with Gasteiger partial charge in [0.25, 0.3) is 0 Å². The summed E-state index contributed by atoms with van der Waals surface area (Å²) in [5.41, 5.74) is 0. The summed E-state index contributed by atoms with van der Waals surface area (Å²) in [4.78, 5) is 39.4. The van der Waals surface area contributed by atoms with Crippen molar-refractivity contribution in [3.8, 4) is 0 Å². The van der Waals surface area contributed by atoms with Crippen LogP contribution in [0.15, 0.2) is 0 Å². The van der Waals surface area contributed by atoms with Crippen molar-refractivity contribution in [2.45, 2.75) is 208 Å². The van der Waals surface area contributed by atoms with E-state index >= 15 is 0 Å². The minimum atomic E-state index is -1.88. The maximum Gasteiger partial charge on any atom is 0.407 e. The number of carbonyl (C=O) groups is 3. The van der Waals surface area contributed by atoms with Gasteiger partial charge in [0.05, 0.1) is 13.0 Å². The van der Waals surface area contributed by atoms with E-state index in [2.05, 4.69) is 38.8 Å². The van der Waals surface area contributed by atoms with E-state index in [4.69, 9.17) is 58.5 Å². The highest BCUT2D eigenvalue weighted by atomic mass is 35.6. The van der Waals surface area contributed by atoms with E-state index in [0.717, 1.165) is 57.4 Å². The summed E-state index contributed by atoms with van der Waals surface area (Å²) in [5, 5.41) is 23.8. The number of halogens is 3. The van der Waals surface area contributed by atoms with Crippen molar-refractivity contribution in [1.29, 1.82) is 0 Å². The number of unbranched alkanes of at least 4 members (excludes halogenated alkanes) is 15. The lowest BCUT2D eigenvalue weighted by molar-refractivity contribution is -0.272. The lowest BCUT2D eigenvalue weighted by Gasteiger charge is -2.43. The quantitative estimate of drug-likeness (QED) is 0.0210. The number of ether oxygens (including phenoxy) is 5. The number of aliphatic hydroxyl groups excluding tert-OH is 2. The Morgan fingerprint density at radius 1 is 0.815 bits per heavy atom. The zero-order valence-corrected chi connectivity index (χ0v) is 37.0. The normalized spacial score (nSPS) is 21.0. The molecule has 0 aromatic heterocycles. The van der Waals surface area contributed by atoms with Crippen LogP contribution < -0.4 is 5.32 Å². The van der Waals surface area contributed by atoms with Gasteiger partial charge in [0, 0.05) is 21.1 Å². The molecule has 15 heteroatoms. The first-order valence-electron chi connectivity index (χ1n) is 20.5. The fourth-order valence-corrected chi connectivity index (χ4v) is 7.12. The van der Waals surface area contributed by atoms with Gasteiger partial charge in [-0.05, 0) is 25.3 Å². The van der Waals surface area contributed by atoms with E-state index in [1.165, 1.54) is 57.8 Å². The minimum absolute atomic E-state index is 0.250. The smallest absolute Gasteiger partial charge is 0.407 e. The Morgan fingerprint density at radius 3 is 1.87 bits per heavy atom. The van der Waals surface area contributed by atoms with Crippen molar-refractivity contribution in [2.75, 3.05) is 19.8 Å². The first-order chi connectivity index (χ1) is 25.6. The van der Waals surface area contributed by atoms with Gasteiger partial charge in [0.2, 0.25) is 3.79 Å². The number of esters is 2. The molecule has 0 aromatic carbocycles. The third-order valence-corrected chi connectivity index (χ3v) is 11.5. The Kier molecular flexibility index (Phi) is 27.8. The molecule has 0 unspecified atom stereocenters. The average Bonchev–Trinajstić information content (AvgIpc) is 3.09. The van der Waals surface area contributed by atoms with Gasteiger partial charge >= 0.3 is 18.0 Å². The maximum atomic E-state index is 13.6. The molecule has 0 saturated carbocycles. The topological polar surface area (TPSA) is 150 Å². The minimum Gasteiger partial charge on any atom is -0.462 e. The Bertz CT molecular complexity index is 1020. The van der Waals surface area contributed by atoms with Gasteiger partial charge in [-0.2, -0.15) is 0 Å². The van der Waals surface area contributed by atoms with Crippen LogP contribution in [0.2, 0.25) is 25.7 Å². The van der Waals surface area contributed by atoms with Crippen LogP contribution in [0.1, 0.15) is 142 Å². The molecule has 54 heavy (non-hydrogen) atoms. The summed E-state index contributed by atoms with van der Waals surface area (Å²) in [6, 6.07) is -0.504. The summed E-state index contributed by atoms with van der Waals surface area (Å²) in [6.07, 6.45) is 12.3. The number of alkyl carbamates (subject to hydrolysis) is 1. The van der Waals surface area contributed by atoms with Gasteiger partial charge in [0.15, 0.2) is 12.4 Å². The monoisotopic (exact) mass is 847 g/mol. The van der Waals surface area contributed by atoms with Crippen LogP contribution in [0.25, 0.3) is 0 Å². The maximum absolute atomic E-state index is 13.6. The number of alkyl halides is 3. The van der Waals surface area contributed by atoms with Crippen molar-refractivity contribution in [1.82, 2.24) is 5.32 Å². The third-order valence-electron chi connectivity index (χ3n) is 9.46. The molecule has 0 bridgehead atoms. The molecule has 0 aliphatic carbocycles. The van der Waals surface area contributed by atoms with E-state index < -0.39 is 73.9 Å². The number of hydrogen-bond donors (Lipinski definition) is 3. The number of carbonyl (C=O) groups excluding carboxylic acids is 3. The molecule has 1 aliphatic rings. The zero-order chi connectivity index (χ0) is 40.4. The van der Waals surface area contributed by atoms with Crippen molar-refractivity contribution in [2.24, 2.45) is 0 Å². The third kappa shape index (κ3) is 25.4. The molecule has 1 aliphatic heterocycles. The first kappa shape index (κ1) is 51.2. The van der Waals surface area contributed by atoms with Crippen LogP contribution in [-0.4, -0.2) is 96.7 Å². The Balaban J connectivity index is 3.03. The number of hydrogen-bond acceptors (Lipinski definition) is 10. The Morgan fingerprint density at radius 2 is 1.35 bits per heavy atom. The Hall–Kier alpha value is -0.863. The molecule has 6 atom stereocenters. The van der Waals surface area contributed by atoms with Crippen LogP contribution in [-0.2, 0) is 33.3 Å². The van der Waals surface area contributed by atoms with Gasteiger partial charge < -0.3 is 39.2 Å². The van der Waals surface area contributed by atoms with E-state index in [-0.39, 0.29) is 25.4 Å². The Labute approximate surface area is 341 Å². The van der Waals surface area contributed by atoms with Gasteiger partial charge in [-0.25, -0.2) is 4.79 Å². The molecule has 1 saturated heterocycles. The molecule has 1 heterocycles. The molecule has 0 spiro atoms. The lowest BCUT2D eigenvalue weighted by atomic mass is 9.96. The fourth-order valence-electron chi connectivity index (χ4n) is 6.23. The SMILES string of the molecule is CCCCCCCCCCC[C@H](CC(=O)O[C@H]1[C@H](O)[C@@H](CO)O[C@@H](OCC[Si](C)(C)C)[C@@H]1NC(=O)OCC(Cl)(Cl)Cl)OC(=O)CCCCCCCCCC. The lowest BCUT2D eigenvalue weighted by Crippen LogP contribution is -2.66. The van der Waals surface area contributed by atoms with E-state index in [0.29, 0.717) is 6.42 Å². The predicted molar refractivity (Wildman–Crippen MR) is 218 cm³/mol. The summed E-state index contributed by atoms with van der Waals surface area (Å²) in [6.45, 7) is 9.98. The van der Waals surface area contributed by atoms with Crippen LogP contribution in [0.3, 0.4) is 0 Å². The van der Waals surface area contributed by atoms with Crippen LogP contribution >= 0.6 is 34.8 Å². The summed E-state index contributed by atoms with van der Waals surface area (Å²) in [5.74, 6) is -1.10. The van der Waals surface area contributed by atoms with Gasteiger partial charge in [-0.1, -0.05) is 165 Å². The standard InChI is InChI=1S/C39H72Cl3NO10Si/c1-6-8-10-12-14-16-17-19-21-23-30(51-32(45)24-22-20-18-15-13-11-9-7-2)27-33(46)53-36-34(43-38(48)50-29-39(40,41)42)37(49-25-26-54(3,4)5)52-31(28-44)35(36)47/h30-31,34-37,44,47H,6-29H2,1-5H3,(H,43,48)/t30-,31-,34-,35-,36-,37-/m1/s1. The number of rotatable bonds is 30. The summed E-state index contributed by atoms with van der Waals surface area (Å²) < 4.78 is 26.7. The highest BCUT2D eigenvalue weighted by molar-refractivity contribution is 6.76. The second-order valence-electron chi connectivity index (χ2n) is 15.9. The van der Waals surface area contributed by atoms with Crippen LogP contribution in [0, 0.1) is 0 Å². The molecule has 0 radical (unpaired) electrons. The molecular formula is C39H72Cl3NO10Si. The summed E-state index contributed by atoms with van der Waals surface area (Å²) in [7, 11) is -1.55. The van der Waals surface area contributed by atoms with Crippen LogP contribution in [0.4, 0.5) is 4.79 Å². The number of aliphatic hydroxyl groups is 2. The molecule has 1 rings (SSSR count). The highest BCUT2D eigenvalue weighted by Gasteiger charge is 2.49. The first-order valence-corrected chi connectivity index (χ1v) is 25.4. The highest BCUT2D eigenvalue weighted by Crippen LogP contribution is 2.28. The van der Waals surface area contributed by atoms with Crippen molar-refractivity contribution >= 4 is 60.9 Å². The van der Waals surface area contributed by atoms with Gasteiger partial charge in [0.1, 0.15) is 31.0 Å². The molecule has 1 amide bonds. The largest absolute Gasteiger partial charge is 0.462 e. The van der Waals surface area contributed by atoms with E-state index in [1.54, 1.807) is 0 Å². The van der Waals surface area contributed by atoms with E-state index in [9.17, 15) is 24.6 Å². The second kappa shape index (κ2) is 29.4. The van der Waals surface area contributed by atoms with Crippen molar-refractivity contribution in [3.63, 3.8) is 0 Å². The molecule has 11 nitrogen and oxygen atoms in total. The van der Waals surface area contributed by atoms with Crippen molar-refractivity contribution < 1.29 is 48.3 Å². The molecule has 1 fully saturated rings. The second-order valence-corrected chi connectivity index (χ2v) is 24.0. The van der Waals surface area contributed by atoms with E-state index in [1.807, 2.05) is 0 Å². The predicted octanol–water partition coefficient (Wildman–Crippen LogP) is 9.55. The van der Waals surface area contributed by atoms with Gasteiger partial charge in [-0.15, -0.1) is 0 Å². The molecule has 318 valence electrons. The summed E-state index contributed by atoms with van der Waals surface area (Å²) >= 11 is 17.3. The molecule has 0 aromatic rings. The molecule has 3 N–H and O–H groups in total. The van der Waals surface area contributed by atoms with Crippen molar-refractivity contribution in [3.05, 3.63) is 0 Å². The zero-order valence-electron chi connectivity index (χ0n) is 33.7. The average molecular weight is 849 g/mol. The molecular weight excluding hydrogens is 777 g/mol. The van der Waals surface area contributed by atoms with Crippen LogP contribution in [0.5, 0.6) is 0 Å². The number of amides is 1. The van der Waals surface area contributed by atoms with Gasteiger partial charge in [-0.3, -0.25) is 9.59 Å². The number of nitrogens with one attached hydrogen (secondary N) is 1. The fraction of sp³-hybridized carbons (Fsp3) is 0.923.